The lowest BCUT2D eigenvalue weighted by atomic mass is 9.70. The summed E-state index contributed by atoms with van der Waals surface area (Å²) in [5.41, 5.74) is 0. The minimum atomic E-state index is -0.840. The Morgan fingerprint density at radius 1 is 0.875 bits per heavy atom. The predicted molar refractivity (Wildman–Crippen MR) is 134 cm³/mol. The number of rotatable bonds is 11. The van der Waals surface area contributed by atoms with Crippen LogP contribution >= 0.6 is 0 Å². The maximum atomic E-state index is 12.9. The molecular formula is C29H54O3. The molecule has 7 unspecified atom stereocenters. The van der Waals surface area contributed by atoms with Crippen molar-refractivity contribution in [2.75, 3.05) is 0 Å². The van der Waals surface area contributed by atoms with Gasteiger partial charge in [-0.25, -0.2) is 0 Å². The van der Waals surface area contributed by atoms with Gasteiger partial charge in [-0.2, -0.15) is 0 Å². The minimum Gasteiger partial charge on any atom is -0.393 e. The number of Topliss-reactive ketones (excluding diaryl/α,β-unsaturated/α-hetero) is 1. The second-order valence-electron chi connectivity index (χ2n) is 12.6. The Hall–Kier alpha value is -0.410. The van der Waals surface area contributed by atoms with Crippen LogP contribution < -0.4 is 0 Å². The van der Waals surface area contributed by atoms with Crippen LogP contribution in [0.5, 0.6) is 0 Å². The average molecular weight is 451 g/mol. The first-order chi connectivity index (χ1) is 15.0. The second-order valence-corrected chi connectivity index (χ2v) is 12.6. The lowest BCUT2D eigenvalue weighted by molar-refractivity contribution is -0.130. The Labute approximate surface area is 199 Å². The van der Waals surface area contributed by atoms with Gasteiger partial charge in [0.1, 0.15) is 6.10 Å². The van der Waals surface area contributed by atoms with E-state index in [9.17, 15) is 15.0 Å². The van der Waals surface area contributed by atoms with Gasteiger partial charge in [0.2, 0.25) is 0 Å². The maximum absolute atomic E-state index is 12.9. The number of carbonyl (C=O) groups is 1. The Balaban J connectivity index is 1.86. The summed E-state index contributed by atoms with van der Waals surface area (Å²) in [6.07, 6.45) is 9.59. The van der Waals surface area contributed by atoms with Gasteiger partial charge in [-0.1, -0.05) is 74.1 Å². The van der Waals surface area contributed by atoms with Gasteiger partial charge >= 0.3 is 0 Å². The van der Waals surface area contributed by atoms with Gasteiger partial charge in [-0.3, -0.25) is 4.79 Å². The number of carbonyl (C=O) groups excluding carboxylic acids is 1. The molecule has 3 heteroatoms. The van der Waals surface area contributed by atoms with Crippen molar-refractivity contribution < 1.29 is 15.0 Å². The zero-order valence-corrected chi connectivity index (χ0v) is 22.2. The first-order valence-corrected chi connectivity index (χ1v) is 13.9. The molecule has 0 aromatic rings. The van der Waals surface area contributed by atoms with Gasteiger partial charge < -0.3 is 10.2 Å². The van der Waals surface area contributed by atoms with Gasteiger partial charge in [0.15, 0.2) is 5.78 Å². The summed E-state index contributed by atoms with van der Waals surface area (Å²) in [5.74, 6) is 4.27. The molecule has 0 heterocycles. The highest BCUT2D eigenvalue weighted by Crippen LogP contribution is 2.39. The van der Waals surface area contributed by atoms with Crippen LogP contribution in [0.3, 0.4) is 0 Å². The highest BCUT2D eigenvalue weighted by molar-refractivity contribution is 5.83. The quantitative estimate of drug-likeness (QED) is 0.360. The fourth-order valence-electron chi connectivity index (χ4n) is 6.87. The van der Waals surface area contributed by atoms with E-state index in [4.69, 9.17) is 0 Å². The van der Waals surface area contributed by atoms with Crippen LogP contribution in [-0.4, -0.2) is 28.2 Å². The second kappa shape index (κ2) is 12.9. The van der Waals surface area contributed by atoms with Crippen LogP contribution in [0, 0.1) is 53.3 Å². The van der Waals surface area contributed by atoms with E-state index in [-0.39, 0.29) is 23.7 Å². The molecule has 2 N–H and O–H groups in total. The summed E-state index contributed by atoms with van der Waals surface area (Å²) >= 11 is 0. The molecule has 2 saturated carbocycles. The molecule has 2 aliphatic carbocycles. The van der Waals surface area contributed by atoms with Crippen molar-refractivity contribution >= 4 is 5.78 Å². The van der Waals surface area contributed by atoms with Crippen molar-refractivity contribution in [3.63, 3.8) is 0 Å². The zero-order chi connectivity index (χ0) is 24.0. The molecule has 0 spiro atoms. The topological polar surface area (TPSA) is 57.5 Å². The molecule has 2 rings (SSSR count). The summed E-state index contributed by atoms with van der Waals surface area (Å²) in [5, 5.41) is 21.9. The van der Waals surface area contributed by atoms with E-state index < -0.39 is 6.10 Å². The third kappa shape index (κ3) is 7.83. The molecule has 8 atom stereocenters. The maximum Gasteiger partial charge on any atom is 0.161 e. The SMILES string of the molecule is CC1CCC(C(O)C(C)C(CCC(=O)C(O)[C@H](C)CC2CC(C)CCC2C)C(C)C)CC1. The highest BCUT2D eigenvalue weighted by atomic mass is 16.3. The van der Waals surface area contributed by atoms with E-state index in [2.05, 4.69) is 48.5 Å². The molecule has 0 amide bonds. The summed E-state index contributed by atoms with van der Waals surface area (Å²) in [4.78, 5) is 12.9. The fraction of sp³-hybridized carbons (Fsp3) is 0.966. The molecule has 188 valence electrons. The van der Waals surface area contributed by atoms with Crippen molar-refractivity contribution in [1.29, 1.82) is 0 Å². The molecule has 0 saturated heterocycles. The zero-order valence-electron chi connectivity index (χ0n) is 22.2. The van der Waals surface area contributed by atoms with E-state index >= 15 is 0 Å². The fourth-order valence-corrected chi connectivity index (χ4v) is 6.87. The third-order valence-corrected chi connectivity index (χ3v) is 9.51. The standard InChI is InChI=1S/C29H54O3/c1-18(2)26(23(7)29(32)24-12-9-19(3)10-13-24)14-15-27(30)28(31)22(6)17-25-16-20(4)8-11-21(25)5/h18-26,28-29,31-32H,8-17H2,1-7H3/t19?,20?,21?,22-,23?,24?,25?,26?,28?,29?/m1/s1. The van der Waals surface area contributed by atoms with Crippen molar-refractivity contribution in [3.8, 4) is 0 Å². The Bertz CT molecular complexity index is 551. The number of ketones is 1. The Kier molecular flexibility index (Phi) is 11.2. The highest BCUT2D eigenvalue weighted by Gasteiger charge is 2.35. The molecule has 2 fully saturated rings. The molecular weight excluding hydrogens is 396 g/mol. The molecule has 0 bridgehead atoms. The van der Waals surface area contributed by atoms with E-state index in [1.165, 1.54) is 32.1 Å². The van der Waals surface area contributed by atoms with Crippen LogP contribution in [0.1, 0.15) is 113 Å². The summed E-state index contributed by atoms with van der Waals surface area (Å²) in [7, 11) is 0. The molecule has 0 aromatic heterocycles. The summed E-state index contributed by atoms with van der Waals surface area (Å²) in [6, 6.07) is 0. The number of hydrogen-bond donors (Lipinski definition) is 2. The summed E-state index contributed by atoms with van der Waals surface area (Å²) < 4.78 is 0. The monoisotopic (exact) mass is 450 g/mol. The average Bonchev–Trinajstić information content (AvgIpc) is 2.75. The molecule has 2 aliphatic rings. The van der Waals surface area contributed by atoms with Gasteiger partial charge in [-0.05, 0) is 85.4 Å². The van der Waals surface area contributed by atoms with Gasteiger partial charge in [0.25, 0.3) is 0 Å². The van der Waals surface area contributed by atoms with Crippen molar-refractivity contribution in [2.45, 2.75) is 125 Å². The van der Waals surface area contributed by atoms with E-state index in [0.717, 1.165) is 37.5 Å². The summed E-state index contributed by atoms with van der Waals surface area (Å²) in [6.45, 7) is 15.7. The normalized spacial score (nSPS) is 34.0. The number of aliphatic hydroxyl groups excluding tert-OH is 2. The first-order valence-electron chi connectivity index (χ1n) is 13.9. The van der Waals surface area contributed by atoms with E-state index in [1.54, 1.807) is 0 Å². The van der Waals surface area contributed by atoms with Crippen molar-refractivity contribution in [2.24, 2.45) is 53.3 Å². The lowest BCUT2D eigenvalue weighted by Gasteiger charge is -2.38. The Morgan fingerprint density at radius 2 is 1.47 bits per heavy atom. The van der Waals surface area contributed by atoms with Gasteiger partial charge in [-0.15, -0.1) is 0 Å². The van der Waals surface area contributed by atoms with Crippen LogP contribution in [0.2, 0.25) is 0 Å². The minimum absolute atomic E-state index is 0.00726. The van der Waals surface area contributed by atoms with Crippen molar-refractivity contribution in [1.82, 2.24) is 0 Å². The van der Waals surface area contributed by atoms with Crippen LogP contribution in [0.15, 0.2) is 0 Å². The largest absolute Gasteiger partial charge is 0.393 e. The van der Waals surface area contributed by atoms with Crippen molar-refractivity contribution in [3.05, 3.63) is 0 Å². The van der Waals surface area contributed by atoms with Gasteiger partial charge in [0, 0.05) is 6.42 Å². The van der Waals surface area contributed by atoms with Crippen LogP contribution in [0.4, 0.5) is 0 Å². The van der Waals surface area contributed by atoms with E-state index in [0.29, 0.717) is 36.0 Å². The molecule has 3 nitrogen and oxygen atoms in total. The Morgan fingerprint density at radius 3 is 2.06 bits per heavy atom. The molecule has 0 radical (unpaired) electrons. The van der Waals surface area contributed by atoms with Crippen LogP contribution in [0.25, 0.3) is 0 Å². The molecule has 0 aliphatic heterocycles. The van der Waals surface area contributed by atoms with E-state index in [1.807, 2.05) is 0 Å². The number of aliphatic hydroxyl groups is 2. The molecule has 0 aromatic carbocycles. The van der Waals surface area contributed by atoms with Crippen LogP contribution in [-0.2, 0) is 4.79 Å². The smallest absolute Gasteiger partial charge is 0.161 e. The first kappa shape index (κ1) is 27.8. The lowest BCUT2D eigenvalue weighted by Crippen LogP contribution is -2.37. The third-order valence-electron chi connectivity index (χ3n) is 9.51. The number of hydrogen-bond acceptors (Lipinski definition) is 3. The van der Waals surface area contributed by atoms with Gasteiger partial charge in [0.05, 0.1) is 6.10 Å². The molecule has 32 heavy (non-hydrogen) atoms. The predicted octanol–water partition coefficient (Wildman–Crippen LogP) is 6.89.